The Morgan fingerprint density at radius 1 is 1.30 bits per heavy atom. The number of nitrogens with zero attached hydrogens (tertiary/aromatic N) is 3. The van der Waals surface area contributed by atoms with E-state index in [2.05, 4.69) is 21.8 Å². The van der Waals surface area contributed by atoms with Crippen molar-refractivity contribution in [1.82, 2.24) is 14.8 Å². The van der Waals surface area contributed by atoms with Crippen molar-refractivity contribution >= 4 is 23.2 Å². The zero-order valence-electron chi connectivity index (χ0n) is 16.1. The van der Waals surface area contributed by atoms with Crippen LogP contribution in [0.2, 0.25) is 0 Å². The summed E-state index contributed by atoms with van der Waals surface area (Å²) in [6, 6.07) is 0.621. The normalized spacial score (nSPS) is 35.5. The molecule has 7 heteroatoms. The number of esters is 1. The number of amides is 1. The highest BCUT2D eigenvalue weighted by molar-refractivity contribution is 7.09. The molecule has 4 aliphatic carbocycles. The molecule has 1 spiro atoms. The van der Waals surface area contributed by atoms with Gasteiger partial charge in [-0.2, -0.15) is 0 Å². The van der Waals surface area contributed by atoms with E-state index in [0.717, 1.165) is 32.5 Å². The largest absolute Gasteiger partial charge is 0.469 e. The lowest BCUT2D eigenvalue weighted by Crippen LogP contribution is -2.71. The summed E-state index contributed by atoms with van der Waals surface area (Å²) in [7, 11) is 3.64. The Bertz CT molecular complexity index is 750. The summed E-state index contributed by atoms with van der Waals surface area (Å²) in [5, 5.41) is 3.21. The number of rotatable bonds is 5. The second-order valence-electron chi connectivity index (χ2n) is 9.30. The van der Waals surface area contributed by atoms with Crippen molar-refractivity contribution in [2.24, 2.45) is 16.2 Å². The van der Waals surface area contributed by atoms with Crippen molar-refractivity contribution in [2.45, 2.75) is 51.1 Å². The molecule has 1 aromatic heterocycles. The predicted molar refractivity (Wildman–Crippen MR) is 101 cm³/mol. The number of carbonyl (C=O) groups is 2. The standard InChI is InChI=1S/C20H27N3O3S/c1-22(10-15-21-5-8-27-15)14-9-18(14)3-6-23(7-4-18)16(24)19-11-20(12-19,13-19)17(25)26-2/h5,8,14H,3-4,6-7,9-13H2,1-2H3. The minimum Gasteiger partial charge on any atom is -0.469 e. The van der Waals surface area contributed by atoms with E-state index < -0.39 is 0 Å². The number of ether oxygens (including phenoxy) is 1. The molecular weight excluding hydrogens is 362 g/mol. The Balaban J connectivity index is 1.13. The van der Waals surface area contributed by atoms with Gasteiger partial charge in [0, 0.05) is 30.7 Å². The third-order valence-corrected chi connectivity index (χ3v) is 8.46. The summed E-state index contributed by atoms with van der Waals surface area (Å²) in [4.78, 5) is 33.8. The van der Waals surface area contributed by atoms with Crippen molar-refractivity contribution in [2.75, 3.05) is 27.2 Å². The second-order valence-corrected chi connectivity index (χ2v) is 10.3. The molecule has 1 unspecified atom stereocenters. The van der Waals surface area contributed by atoms with Crippen LogP contribution < -0.4 is 0 Å². The van der Waals surface area contributed by atoms with Gasteiger partial charge in [-0.3, -0.25) is 14.5 Å². The first-order chi connectivity index (χ1) is 12.9. The summed E-state index contributed by atoms with van der Waals surface area (Å²) in [6.45, 7) is 2.66. The van der Waals surface area contributed by atoms with E-state index in [0.29, 0.717) is 30.7 Å². The Morgan fingerprint density at radius 3 is 2.59 bits per heavy atom. The number of methoxy groups -OCH3 is 1. The maximum Gasteiger partial charge on any atom is 0.311 e. The summed E-state index contributed by atoms with van der Waals surface area (Å²) in [6.07, 6.45) is 7.42. The van der Waals surface area contributed by atoms with Crippen LogP contribution in [0.15, 0.2) is 11.6 Å². The van der Waals surface area contributed by atoms with Crippen LogP contribution in [-0.4, -0.2) is 59.9 Å². The van der Waals surface area contributed by atoms with Gasteiger partial charge in [0.25, 0.3) is 0 Å². The summed E-state index contributed by atoms with van der Waals surface area (Å²) < 4.78 is 4.90. The fourth-order valence-corrected chi connectivity index (χ4v) is 6.76. The van der Waals surface area contributed by atoms with Gasteiger partial charge >= 0.3 is 5.97 Å². The Morgan fingerprint density at radius 2 is 2.00 bits per heavy atom. The first-order valence-corrected chi connectivity index (χ1v) is 10.8. The highest BCUT2D eigenvalue weighted by Crippen LogP contribution is 2.74. The lowest BCUT2D eigenvalue weighted by Gasteiger charge is -2.67. The SMILES string of the molecule is COC(=O)C12CC(C(=O)N3CCC4(CC3)CC4N(C)Cc3nccs3)(C1)C2. The zero-order chi connectivity index (χ0) is 18.9. The van der Waals surface area contributed by atoms with E-state index in [4.69, 9.17) is 4.74 Å². The van der Waals surface area contributed by atoms with E-state index in [1.165, 1.54) is 18.5 Å². The number of aromatic nitrogens is 1. The molecule has 6 rings (SSSR count). The molecule has 6 nitrogen and oxygen atoms in total. The van der Waals surface area contributed by atoms with E-state index >= 15 is 0 Å². The van der Waals surface area contributed by atoms with Gasteiger partial charge in [0.15, 0.2) is 0 Å². The highest BCUT2D eigenvalue weighted by Gasteiger charge is 2.76. The number of hydrogen-bond acceptors (Lipinski definition) is 6. The van der Waals surface area contributed by atoms with Gasteiger partial charge in [-0.15, -0.1) is 11.3 Å². The maximum atomic E-state index is 13.0. The average Bonchev–Trinajstić information content (AvgIpc) is 3.04. The number of carbonyl (C=O) groups excluding carboxylic acids is 2. The predicted octanol–water partition coefficient (Wildman–Crippen LogP) is 2.30. The topological polar surface area (TPSA) is 62.7 Å². The van der Waals surface area contributed by atoms with Crippen LogP contribution in [0.5, 0.6) is 0 Å². The van der Waals surface area contributed by atoms with Crippen molar-refractivity contribution in [3.63, 3.8) is 0 Å². The minimum absolute atomic E-state index is 0.126. The van der Waals surface area contributed by atoms with Crippen LogP contribution in [0.25, 0.3) is 0 Å². The van der Waals surface area contributed by atoms with Crippen molar-refractivity contribution in [1.29, 1.82) is 0 Å². The highest BCUT2D eigenvalue weighted by atomic mass is 32.1. The Hall–Kier alpha value is -1.47. The van der Waals surface area contributed by atoms with Gasteiger partial charge in [-0.05, 0) is 51.0 Å². The van der Waals surface area contributed by atoms with Crippen molar-refractivity contribution < 1.29 is 14.3 Å². The smallest absolute Gasteiger partial charge is 0.311 e. The third-order valence-electron chi connectivity index (χ3n) is 7.70. The number of thiazole rings is 1. The van der Waals surface area contributed by atoms with Crippen LogP contribution in [0.3, 0.4) is 0 Å². The zero-order valence-corrected chi connectivity index (χ0v) is 16.9. The summed E-state index contributed by atoms with van der Waals surface area (Å²) in [5.41, 5.74) is -0.180. The van der Waals surface area contributed by atoms with E-state index in [-0.39, 0.29) is 22.7 Å². The molecule has 0 N–H and O–H groups in total. The van der Waals surface area contributed by atoms with Gasteiger partial charge in [0.2, 0.25) is 5.91 Å². The number of hydrogen-bond donors (Lipinski definition) is 0. The molecule has 4 saturated carbocycles. The first kappa shape index (κ1) is 17.6. The molecule has 1 aromatic rings. The molecule has 5 aliphatic rings. The quantitative estimate of drug-likeness (QED) is 0.723. The van der Waals surface area contributed by atoms with Gasteiger partial charge in [0.05, 0.1) is 24.5 Å². The fourth-order valence-electron chi connectivity index (χ4n) is 6.08. The minimum atomic E-state index is -0.332. The maximum absolute atomic E-state index is 13.0. The summed E-state index contributed by atoms with van der Waals surface area (Å²) >= 11 is 1.72. The van der Waals surface area contributed by atoms with Crippen molar-refractivity contribution in [3.05, 3.63) is 16.6 Å². The van der Waals surface area contributed by atoms with Crippen molar-refractivity contribution in [3.8, 4) is 0 Å². The van der Waals surface area contributed by atoms with Crippen LogP contribution in [0.4, 0.5) is 0 Å². The van der Waals surface area contributed by atoms with E-state index in [1.54, 1.807) is 11.3 Å². The molecule has 1 amide bonds. The van der Waals surface area contributed by atoms with Gasteiger partial charge in [-0.1, -0.05) is 0 Å². The monoisotopic (exact) mass is 389 g/mol. The first-order valence-electron chi connectivity index (χ1n) is 9.89. The van der Waals surface area contributed by atoms with Gasteiger partial charge in [-0.25, -0.2) is 4.98 Å². The van der Waals surface area contributed by atoms with Crippen LogP contribution in [0, 0.1) is 16.2 Å². The van der Waals surface area contributed by atoms with Crippen LogP contribution >= 0.6 is 11.3 Å². The van der Waals surface area contributed by atoms with E-state index in [9.17, 15) is 9.59 Å². The van der Waals surface area contributed by atoms with Crippen LogP contribution in [-0.2, 0) is 20.9 Å². The summed E-state index contributed by atoms with van der Waals surface area (Å²) in [5.74, 6) is 0.162. The third kappa shape index (κ3) is 2.50. The molecule has 2 bridgehead atoms. The molecule has 146 valence electrons. The number of piperidine rings is 1. The molecule has 5 fully saturated rings. The Kier molecular flexibility index (Phi) is 3.76. The molecular formula is C20H27N3O3S. The average molecular weight is 390 g/mol. The molecule has 0 aromatic carbocycles. The molecule has 2 heterocycles. The second kappa shape index (κ2) is 5.77. The lowest BCUT2D eigenvalue weighted by molar-refractivity contribution is -0.228. The fraction of sp³-hybridized carbons (Fsp3) is 0.750. The van der Waals surface area contributed by atoms with Gasteiger partial charge in [0.1, 0.15) is 5.01 Å². The molecule has 27 heavy (non-hydrogen) atoms. The van der Waals surface area contributed by atoms with E-state index in [1.807, 2.05) is 11.6 Å². The number of likely N-dealkylation sites (tertiary alicyclic amines) is 1. The van der Waals surface area contributed by atoms with Gasteiger partial charge < -0.3 is 9.64 Å². The molecule has 0 radical (unpaired) electrons. The lowest BCUT2D eigenvalue weighted by atomic mass is 9.34. The molecule has 1 aliphatic heterocycles. The Labute approximate surface area is 163 Å². The van der Waals surface area contributed by atoms with Crippen LogP contribution in [0.1, 0.15) is 43.5 Å². The molecule has 1 saturated heterocycles. The molecule has 1 atom stereocenters.